The molecule has 0 amide bonds. The van der Waals surface area contributed by atoms with E-state index in [1.54, 1.807) is 12.4 Å². The molecule has 0 aliphatic carbocycles. The Hall–Kier alpha value is -2.60. The van der Waals surface area contributed by atoms with Crippen LogP contribution in [0.25, 0.3) is 11.4 Å². The van der Waals surface area contributed by atoms with Gasteiger partial charge in [0.1, 0.15) is 5.82 Å². The van der Waals surface area contributed by atoms with Crippen LogP contribution in [0.5, 0.6) is 0 Å². The van der Waals surface area contributed by atoms with E-state index in [2.05, 4.69) is 26.9 Å². The van der Waals surface area contributed by atoms with Gasteiger partial charge in [-0.3, -0.25) is 9.88 Å². The van der Waals surface area contributed by atoms with E-state index < -0.39 is 0 Å². The van der Waals surface area contributed by atoms with E-state index in [0.717, 1.165) is 17.5 Å². The molecule has 3 rings (SSSR count). The van der Waals surface area contributed by atoms with Gasteiger partial charge >= 0.3 is 0 Å². The average Bonchev–Trinajstić information content (AvgIpc) is 3.06. The van der Waals surface area contributed by atoms with Gasteiger partial charge in [0.25, 0.3) is 0 Å². The number of hydrogen-bond acceptors (Lipinski definition) is 5. The molecular weight excluding hydrogens is 307 g/mol. The number of aromatic nitrogens is 3. The molecule has 0 bridgehead atoms. The zero-order valence-electron chi connectivity index (χ0n) is 13.7. The summed E-state index contributed by atoms with van der Waals surface area (Å²) < 4.78 is 18.5. The summed E-state index contributed by atoms with van der Waals surface area (Å²) in [5, 5.41) is 4.01. The highest BCUT2D eigenvalue weighted by molar-refractivity contribution is 5.51. The molecule has 0 spiro atoms. The second-order valence-electron chi connectivity index (χ2n) is 5.64. The number of benzene rings is 1. The summed E-state index contributed by atoms with van der Waals surface area (Å²) >= 11 is 0. The molecule has 0 saturated heterocycles. The predicted molar refractivity (Wildman–Crippen MR) is 88.4 cm³/mol. The van der Waals surface area contributed by atoms with E-state index in [4.69, 9.17) is 4.52 Å². The van der Waals surface area contributed by atoms with Gasteiger partial charge in [-0.25, -0.2) is 4.39 Å². The fourth-order valence-corrected chi connectivity index (χ4v) is 2.74. The zero-order valence-corrected chi connectivity index (χ0v) is 13.7. The molecule has 1 aromatic carbocycles. The third kappa shape index (κ3) is 3.65. The Bertz CT molecular complexity index is 773. The lowest BCUT2D eigenvalue weighted by Gasteiger charge is -2.26. The van der Waals surface area contributed by atoms with Crippen molar-refractivity contribution in [2.75, 3.05) is 7.05 Å². The largest absolute Gasteiger partial charge is 0.338 e. The maximum Gasteiger partial charge on any atom is 0.241 e. The Morgan fingerprint density at radius 3 is 2.67 bits per heavy atom. The molecule has 0 aliphatic rings. The van der Waals surface area contributed by atoms with E-state index in [1.807, 2.05) is 31.3 Å². The smallest absolute Gasteiger partial charge is 0.241 e. The molecule has 6 heteroatoms. The van der Waals surface area contributed by atoms with Crippen molar-refractivity contribution >= 4 is 0 Å². The van der Waals surface area contributed by atoms with Crippen LogP contribution in [0.2, 0.25) is 0 Å². The topological polar surface area (TPSA) is 55.1 Å². The molecule has 2 heterocycles. The highest BCUT2D eigenvalue weighted by Crippen LogP contribution is 2.25. The molecule has 0 N–H and O–H groups in total. The summed E-state index contributed by atoms with van der Waals surface area (Å²) in [6, 6.07) is 10.5. The van der Waals surface area contributed by atoms with E-state index in [1.165, 1.54) is 12.1 Å². The van der Waals surface area contributed by atoms with Crippen molar-refractivity contribution in [1.82, 2.24) is 20.0 Å². The lowest BCUT2D eigenvalue weighted by Crippen LogP contribution is -2.24. The third-order valence-corrected chi connectivity index (χ3v) is 3.95. The normalized spacial score (nSPS) is 12.5. The monoisotopic (exact) mass is 326 g/mol. The van der Waals surface area contributed by atoms with Crippen molar-refractivity contribution < 1.29 is 8.91 Å². The minimum atomic E-state index is -0.228. The number of rotatable bonds is 6. The van der Waals surface area contributed by atoms with Crippen LogP contribution in [0.4, 0.5) is 4.39 Å². The van der Waals surface area contributed by atoms with Crippen molar-refractivity contribution in [1.29, 1.82) is 0 Å². The summed E-state index contributed by atoms with van der Waals surface area (Å²) in [6.07, 6.45) is 4.30. The molecule has 3 aromatic rings. The van der Waals surface area contributed by atoms with Gasteiger partial charge in [0.2, 0.25) is 11.7 Å². The quantitative estimate of drug-likeness (QED) is 0.688. The maximum atomic E-state index is 13.1. The first kappa shape index (κ1) is 16.3. The zero-order chi connectivity index (χ0) is 16.9. The van der Waals surface area contributed by atoms with Crippen LogP contribution >= 0.6 is 0 Å². The average molecular weight is 326 g/mol. The molecule has 24 heavy (non-hydrogen) atoms. The summed E-state index contributed by atoms with van der Waals surface area (Å²) in [4.78, 5) is 10.6. The Labute approximate surface area is 140 Å². The molecule has 1 atom stereocenters. The second kappa shape index (κ2) is 7.31. The Morgan fingerprint density at radius 1 is 1.21 bits per heavy atom. The number of hydrogen-bond donors (Lipinski definition) is 0. The van der Waals surface area contributed by atoms with Crippen molar-refractivity contribution in [3.63, 3.8) is 0 Å². The fraction of sp³-hybridized carbons (Fsp3) is 0.278. The van der Waals surface area contributed by atoms with Gasteiger partial charge < -0.3 is 4.52 Å². The molecule has 0 aliphatic heterocycles. The Morgan fingerprint density at radius 2 is 2.00 bits per heavy atom. The predicted octanol–water partition coefficient (Wildman–Crippen LogP) is 3.85. The molecule has 0 radical (unpaired) electrons. The molecular formula is C18H19FN4O. The molecule has 1 unspecified atom stereocenters. The summed E-state index contributed by atoms with van der Waals surface area (Å²) in [6.45, 7) is 2.61. The van der Waals surface area contributed by atoms with Crippen LogP contribution in [0, 0.1) is 5.82 Å². The fourth-order valence-electron chi connectivity index (χ4n) is 2.74. The van der Waals surface area contributed by atoms with Crippen LogP contribution < -0.4 is 0 Å². The summed E-state index contributed by atoms with van der Waals surface area (Å²) in [7, 11) is 1.99. The van der Waals surface area contributed by atoms with Crippen molar-refractivity contribution in [2.24, 2.45) is 0 Å². The molecule has 0 saturated carbocycles. The molecule has 124 valence electrons. The van der Waals surface area contributed by atoms with Crippen LogP contribution in [0.3, 0.4) is 0 Å². The molecule has 2 aromatic heterocycles. The molecule has 0 fully saturated rings. The third-order valence-electron chi connectivity index (χ3n) is 3.95. The van der Waals surface area contributed by atoms with Gasteiger partial charge in [-0.1, -0.05) is 24.2 Å². The van der Waals surface area contributed by atoms with Gasteiger partial charge in [-0.05, 0) is 43.3 Å². The first-order valence-corrected chi connectivity index (χ1v) is 7.86. The number of nitrogens with zero attached hydrogens (tertiary/aromatic N) is 4. The number of pyridine rings is 1. The summed E-state index contributed by atoms with van der Waals surface area (Å²) in [5.74, 6) is 0.840. The maximum absolute atomic E-state index is 13.1. The van der Waals surface area contributed by atoms with Crippen molar-refractivity contribution in [3.05, 3.63) is 66.1 Å². The Kier molecular flexibility index (Phi) is 4.96. The van der Waals surface area contributed by atoms with Crippen molar-refractivity contribution in [2.45, 2.75) is 25.9 Å². The minimum Gasteiger partial charge on any atom is -0.338 e. The van der Waals surface area contributed by atoms with E-state index in [9.17, 15) is 4.39 Å². The van der Waals surface area contributed by atoms with Crippen LogP contribution in [-0.4, -0.2) is 27.1 Å². The summed E-state index contributed by atoms with van der Waals surface area (Å²) in [5.41, 5.74) is 1.88. The van der Waals surface area contributed by atoms with Gasteiger partial charge in [-0.15, -0.1) is 0 Å². The van der Waals surface area contributed by atoms with Crippen LogP contribution in [0.15, 0.2) is 53.3 Å². The van der Waals surface area contributed by atoms with Crippen LogP contribution in [-0.2, 0) is 6.54 Å². The Balaban J connectivity index is 1.73. The van der Waals surface area contributed by atoms with Crippen molar-refractivity contribution in [3.8, 4) is 11.4 Å². The SMILES string of the molecule is CCC(c1ccc(F)cc1)N(C)Cc1nc(-c2cccnc2)no1. The highest BCUT2D eigenvalue weighted by atomic mass is 19.1. The lowest BCUT2D eigenvalue weighted by atomic mass is 10.0. The van der Waals surface area contributed by atoms with Gasteiger partial charge in [0.05, 0.1) is 6.54 Å². The second-order valence-corrected chi connectivity index (χ2v) is 5.64. The van der Waals surface area contributed by atoms with E-state index in [0.29, 0.717) is 18.3 Å². The lowest BCUT2D eigenvalue weighted by molar-refractivity contribution is 0.199. The first-order chi connectivity index (χ1) is 11.7. The highest BCUT2D eigenvalue weighted by Gasteiger charge is 2.18. The first-order valence-electron chi connectivity index (χ1n) is 7.86. The minimum absolute atomic E-state index is 0.152. The van der Waals surface area contributed by atoms with E-state index >= 15 is 0 Å². The molecule has 5 nitrogen and oxygen atoms in total. The van der Waals surface area contributed by atoms with Gasteiger partial charge in [0, 0.05) is 24.0 Å². The van der Waals surface area contributed by atoms with Crippen LogP contribution in [0.1, 0.15) is 30.8 Å². The van der Waals surface area contributed by atoms with Gasteiger partial charge in [-0.2, -0.15) is 4.98 Å². The van der Waals surface area contributed by atoms with E-state index in [-0.39, 0.29) is 11.9 Å². The number of halogens is 1. The standard InChI is InChI=1S/C18H19FN4O/c1-3-16(13-6-8-15(19)9-7-13)23(2)12-17-21-18(22-24-17)14-5-4-10-20-11-14/h4-11,16H,3,12H2,1-2H3. The van der Waals surface area contributed by atoms with Gasteiger partial charge in [0.15, 0.2) is 0 Å².